The van der Waals surface area contributed by atoms with Crippen LogP contribution in [0.4, 0.5) is 14.6 Å². The predicted octanol–water partition coefficient (Wildman–Crippen LogP) is 5.58. The van der Waals surface area contributed by atoms with Gasteiger partial charge in [0.15, 0.2) is 11.6 Å². The smallest absolute Gasteiger partial charge is 0.326 e. The van der Waals surface area contributed by atoms with Gasteiger partial charge in [-0.15, -0.1) is 0 Å². The molecule has 0 radical (unpaired) electrons. The van der Waals surface area contributed by atoms with Crippen molar-refractivity contribution in [3.05, 3.63) is 124 Å². The number of anilines is 1. The molecule has 0 bridgehead atoms. The van der Waals surface area contributed by atoms with Gasteiger partial charge in [0.2, 0.25) is 0 Å². The Kier molecular flexibility index (Phi) is 9.13. The zero-order chi connectivity index (χ0) is 29.5. The molecule has 0 saturated carbocycles. The van der Waals surface area contributed by atoms with E-state index in [9.17, 15) is 18.4 Å². The molecule has 0 aliphatic carbocycles. The Morgan fingerprint density at radius 3 is 2.73 bits per heavy atom. The fourth-order valence-corrected chi connectivity index (χ4v) is 4.14. The number of fused-ring (bicyclic) bond motifs is 1. The molecule has 212 valence electrons. The monoisotopic (exact) mass is 559 g/mol. The summed E-state index contributed by atoms with van der Waals surface area (Å²) >= 11 is 0. The van der Waals surface area contributed by atoms with Gasteiger partial charge in [-0.1, -0.05) is 36.9 Å². The van der Waals surface area contributed by atoms with Crippen molar-refractivity contribution in [2.24, 2.45) is 7.05 Å². The topological polar surface area (TPSA) is 101 Å². The van der Waals surface area contributed by atoms with E-state index in [1.807, 2.05) is 31.2 Å². The van der Waals surface area contributed by atoms with Gasteiger partial charge in [-0.05, 0) is 61.4 Å². The van der Waals surface area contributed by atoms with Crippen molar-refractivity contribution in [2.75, 3.05) is 11.9 Å². The van der Waals surface area contributed by atoms with Gasteiger partial charge in [0.25, 0.3) is 5.91 Å². The molecule has 2 atom stereocenters. The van der Waals surface area contributed by atoms with E-state index in [1.165, 1.54) is 10.6 Å². The lowest BCUT2D eigenvalue weighted by Crippen LogP contribution is -2.32. The summed E-state index contributed by atoms with van der Waals surface area (Å²) in [5, 5.41) is 6.07. The van der Waals surface area contributed by atoms with E-state index in [1.54, 1.807) is 50.5 Å². The number of benzene rings is 2. The Morgan fingerprint density at radius 2 is 1.98 bits per heavy atom. The van der Waals surface area contributed by atoms with Gasteiger partial charge in [0.1, 0.15) is 18.2 Å². The van der Waals surface area contributed by atoms with Crippen molar-refractivity contribution >= 4 is 22.8 Å². The molecule has 3 N–H and O–H groups in total. The van der Waals surface area contributed by atoms with Crippen LogP contribution in [-0.4, -0.2) is 33.1 Å². The first-order chi connectivity index (χ1) is 19.7. The number of allylic oxidation sites excluding steroid dienone is 3. The number of hydrogen-bond acceptors (Lipinski definition) is 5. The van der Waals surface area contributed by atoms with E-state index in [0.29, 0.717) is 28.2 Å². The number of carbonyl (C=O) groups is 1. The number of aromatic nitrogens is 3. The Hall–Kier alpha value is -4.99. The summed E-state index contributed by atoms with van der Waals surface area (Å²) in [7, 11) is 1.68. The van der Waals surface area contributed by atoms with Crippen molar-refractivity contribution in [1.29, 1.82) is 0 Å². The molecule has 41 heavy (non-hydrogen) atoms. The van der Waals surface area contributed by atoms with Crippen molar-refractivity contribution < 1.29 is 18.3 Å². The summed E-state index contributed by atoms with van der Waals surface area (Å²) < 4.78 is 34.7. The molecule has 2 aromatic carbocycles. The van der Waals surface area contributed by atoms with E-state index < -0.39 is 29.6 Å². The maximum atomic E-state index is 13.7. The molecule has 2 heterocycles. The maximum Gasteiger partial charge on any atom is 0.326 e. The minimum atomic E-state index is -0.988. The molecule has 0 aliphatic heterocycles. The van der Waals surface area contributed by atoms with Crippen LogP contribution >= 0.6 is 0 Å². The summed E-state index contributed by atoms with van der Waals surface area (Å²) in [5.41, 5.74) is 2.51. The molecule has 0 spiro atoms. The van der Waals surface area contributed by atoms with E-state index >= 15 is 0 Å². The molecule has 4 aromatic rings. The minimum absolute atomic E-state index is 0.129. The second-order valence-electron chi connectivity index (χ2n) is 9.40. The average molecular weight is 560 g/mol. The van der Waals surface area contributed by atoms with Crippen LogP contribution in [0, 0.1) is 11.6 Å². The molecule has 2 aromatic heterocycles. The average Bonchev–Trinajstić information content (AvgIpc) is 3.24. The highest BCUT2D eigenvalue weighted by Gasteiger charge is 2.20. The Bertz CT molecular complexity index is 1690. The van der Waals surface area contributed by atoms with Gasteiger partial charge in [-0.3, -0.25) is 9.36 Å². The lowest BCUT2D eigenvalue weighted by atomic mass is 10.1. The van der Waals surface area contributed by atoms with Crippen molar-refractivity contribution in [2.45, 2.75) is 25.9 Å². The molecule has 0 aliphatic rings. The van der Waals surface area contributed by atoms with Crippen molar-refractivity contribution in [1.82, 2.24) is 19.9 Å². The molecular formula is C31H31F2N5O3. The first-order valence-electron chi connectivity index (χ1n) is 12.9. The number of hydrogen-bond donors (Lipinski definition) is 3. The number of amides is 1. The van der Waals surface area contributed by atoms with E-state index in [0.717, 1.165) is 17.6 Å². The largest absolute Gasteiger partial charge is 0.491 e. The summed E-state index contributed by atoms with van der Waals surface area (Å²) in [4.78, 5) is 32.3. The predicted molar refractivity (Wildman–Crippen MR) is 156 cm³/mol. The molecule has 10 heteroatoms. The standard InChI is InChI=1S/C31H31F2N5O3/c1-5-6-7-9-19(2)27(18-41-22-12-14-28-26(17-22)37-31(40)38(28)4)36-29-23(10-8-15-34-29)30(39)35-20(3)21-11-13-24(32)25(33)16-21/h5-17,20,27H,2,18H2,1,3-4H3,(H,34,36)(H,35,39)(H,37,40)/b6-5-,9-7-/t20-,27-/m0/s1. The first-order valence-corrected chi connectivity index (χ1v) is 12.9. The molecule has 4 rings (SSSR count). The molecule has 0 unspecified atom stereocenters. The summed E-state index contributed by atoms with van der Waals surface area (Å²) in [6.45, 7) is 7.87. The maximum absolute atomic E-state index is 13.7. The fourth-order valence-electron chi connectivity index (χ4n) is 4.14. The lowest BCUT2D eigenvalue weighted by molar-refractivity contribution is 0.0940. The Labute approximate surface area is 236 Å². The number of ether oxygens (including phenoxy) is 1. The third-order valence-corrected chi connectivity index (χ3v) is 6.51. The molecule has 0 saturated heterocycles. The number of nitrogens with one attached hydrogen (secondary N) is 3. The highest BCUT2D eigenvalue weighted by Crippen LogP contribution is 2.22. The van der Waals surface area contributed by atoms with Gasteiger partial charge in [0.05, 0.1) is 28.7 Å². The van der Waals surface area contributed by atoms with Gasteiger partial charge >= 0.3 is 5.69 Å². The quantitative estimate of drug-likeness (QED) is 0.208. The highest BCUT2D eigenvalue weighted by atomic mass is 19.2. The number of H-pyrrole nitrogens is 1. The summed E-state index contributed by atoms with van der Waals surface area (Å²) in [6, 6.07) is 11.0. The molecule has 8 nitrogen and oxygen atoms in total. The number of aromatic amines is 1. The van der Waals surface area contributed by atoms with Gasteiger partial charge in [0, 0.05) is 19.3 Å². The van der Waals surface area contributed by atoms with Crippen molar-refractivity contribution in [3.8, 4) is 5.75 Å². The van der Waals surface area contributed by atoms with Gasteiger partial charge in [-0.25, -0.2) is 18.6 Å². The second kappa shape index (κ2) is 12.9. The Morgan fingerprint density at radius 1 is 1.17 bits per heavy atom. The lowest BCUT2D eigenvalue weighted by Gasteiger charge is -2.22. The van der Waals surface area contributed by atoms with Crippen LogP contribution < -0.4 is 21.1 Å². The molecular weight excluding hydrogens is 528 g/mol. The Balaban J connectivity index is 1.54. The van der Waals surface area contributed by atoms with Crippen LogP contribution in [0.25, 0.3) is 11.0 Å². The summed E-state index contributed by atoms with van der Waals surface area (Å²) in [5.74, 6) is -1.57. The third kappa shape index (κ3) is 6.96. The van der Waals surface area contributed by atoms with Crippen LogP contribution in [0.3, 0.4) is 0 Å². The first kappa shape index (κ1) is 29.0. The normalized spacial score (nSPS) is 13.0. The number of halogens is 2. The molecule has 0 fully saturated rings. The summed E-state index contributed by atoms with van der Waals surface area (Å²) in [6.07, 6.45) is 8.96. The number of carbonyl (C=O) groups excluding carboxylic acids is 1. The number of rotatable bonds is 11. The zero-order valence-corrected chi connectivity index (χ0v) is 22.9. The third-order valence-electron chi connectivity index (χ3n) is 6.51. The minimum Gasteiger partial charge on any atom is -0.491 e. The van der Waals surface area contributed by atoms with E-state index in [2.05, 4.69) is 27.2 Å². The van der Waals surface area contributed by atoms with Crippen molar-refractivity contribution in [3.63, 3.8) is 0 Å². The number of pyridine rings is 1. The molecule has 1 amide bonds. The number of imidazole rings is 1. The van der Waals surface area contributed by atoms with Crippen LogP contribution in [-0.2, 0) is 7.05 Å². The van der Waals surface area contributed by atoms with Crippen LogP contribution in [0.15, 0.2) is 96.0 Å². The van der Waals surface area contributed by atoms with Crippen LogP contribution in [0.2, 0.25) is 0 Å². The van der Waals surface area contributed by atoms with Gasteiger partial charge < -0.3 is 20.4 Å². The fraction of sp³-hybridized carbons (Fsp3) is 0.194. The van der Waals surface area contributed by atoms with E-state index in [-0.39, 0.29) is 17.9 Å². The highest BCUT2D eigenvalue weighted by molar-refractivity contribution is 5.99. The zero-order valence-electron chi connectivity index (χ0n) is 22.9. The van der Waals surface area contributed by atoms with Crippen LogP contribution in [0.5, 0.6) is 5.75 Å². The number of nitrogens with zero attached hydrogens (tertiary/aromatic N) is 2. The van der Waals surface area contributed by atoms with Gasteiger partial charge in [-0.2, -0.15) is 0 Å². The number of aryl methyl sites for hydroxylation is 1. The van der Waals surface area contributed by atoms with E-state index in [4.69, 9.17) is 4.74 Å². The van der Waals surface area contributed by atoms with Crippen LogP contribution in [0.1, 0.15) is 35.8 Å². The SMILES string of the molecule is C=C(/C=C\C=C/C)[C@H](COc1ccc2c(c1)[nH]c(=O)n2C)Nc1ncccc1C(=O)N[C@@H](C)c1ccc(F)c(F)c1. The second-order valence-corrected chi connectivity index (χ2v) is 9.40.